The summed E-state index contributed by atoms with van der Waals surface area (Å²) in [5.74, 6) is 0.255. The summed E-state index contributed by atoms with van der Waals surface area (Å²) in [6.45, 7) is 8.40. The van der Waals surface area contributed by atoms with E-state index in [1.165, 1.54) is 0 Å². The van der Waals surface area contributed by atoms with Crippen LogP contribution in [0.4, 0.5) is 4.79 Å². The monoisotopic (exact) mass is 285 g/mol. The van der Waals surface area contributed by atoms with Gasteiger partial charge in [-0.3, -0.25) is 0 Å². The molecule has 1 fully saturated rings. The van der Waals surface area contributed by atoms with Crippen molar-refractivity contribution in [2.45, 2.75) is 33.7 Å². The molecule has 0 radical (unpaired) electrons. The van der Waals surface area contributed by atoms with Crippen molar-refractivity contribution >= 4 is 18.5 Å². The van der Waals surface area contributed by atoms with Gasteiger partial charge in [0.2, 0.25) is 0 Å². The predicted octanol–water partition coefficient (Wildman–Crippen LogP) is 3.24. The highest BCUT2D eigenvalue weighted by Gasteiger charge is 2.39. The van der Waals surface area contributed by atoms with Crippen molar-refractivity contribution in [3.05, 3.63) is 28.8 Å². The minimum Gasteiger partial charge on any atom is -0.508 e. The van der Waals surface area contributed by atoms with Crippen LogP contribution in [0, 0.1) is 19.3 Å². The Bertz CT molecular complexity index is 476. The van der Waals surface area contributed by atoms with Crippen molar-refractivity contribution in [3.63, 3.8) is 0 Å². The van der Waals surface area contributed by atoms with Crippen molar-refractivity contribution < 1.29 is 14.6 Å². The number of ether oxygens (including phenoxy) is 1. The number of aromatic hydroxyl groups is 1. The Balaban J connectivity index is 0.00000180. The zero-order valence-corrected chi connectivity index (χ0v) is 12.4. The summed E-state index contributed by atoms with van der Waals surface area (Å²) in [6, 6.07) is 3.35. The Kier molecular flexibility index (Phi) is 4.35. The van der Waals surface area contributed by atoms with Crippen LogP contribution in [0.15, 0.2) is 12.1 Å². The molecule has 0 spiro atoms. The number of cyclic esters (lactones) is 1. The molecular formula is C14H20ClNO3. The maximum absolute atomic E-state index is 11.4. The van der Waals surface area contributed by atoms with E-state index in [0.717, 1.165) is 16.7 Å². The number of amides is 1. The van der Waals surface area contributed by atoms with Crippen LogP contribution in [0.2, 0.25) is 0 Å². The van der Waals surface area contributed by atoms with Gasteiger partial charge < -0.3 is 15.2 Å². The lowest BCUT2D eigenvalue weighted by atomic mass is 9.77. The molecule has 106 valence electrons. The van der Waals surface area contributed by atoms with Gasteiger partial charge in [0.25, 0.3) is 0 Å². The SMILES string of the molecule is Cc1cc(O)cc(C)c1[C@@H]1NC(=O)OCC1(C)C.Cl. The van der Waals surface area contributed by atoms with Gasteiger partial charge in [-0.2, -0.15) is 0 Å². The number of nitrogens with one attached hydrogen (secondary N) is 1. The van der Waals surface area contributed by atoms with Crippen molar-refractivity contribution in [1.82, 2.24) is 5.32 Å². The summed E-state index contributed by atoms with van der Waals surface area (Å²) in [5.41, 5.74) is 2.84. The Labute approximate surface area is 119 Å². The van der Waals surface area contributed by atoms with Gasteiger partial charge in [0.15, 0.2) is 0 Å². The number of phenols is 1. The van der Waals surface area contributed by atoms with Crippen molar-refractivity contribution in [2.24, 2.45) is 5.41 Å². The van der Waals surface area contributed by atoms with Gasteiger partial charge in [0.1, 0.15) is 12.4 Å². The molecule has 19 heavy (non-hydrogen) atoms. The highest BCUT2D eigenvalue weighted by molar-refractivity contribution is 5.85. The first kappa shape index (κ1) is 15.6. The van der Waals surface area contributed by atoms with Gasteiger partial charge in [-0.25, -0.2) is 4.79 Å². The molecule has 0 bridgehead atoms. The number of hydrogen-bond donors (Lipinski definition) is 2. The fourth-order valence-electron chi connectivity index (χ4n) is 2.56. The molecule has 2 rings (SSSR count). The van der Waals surface area contributed by atoms with E-state index in [1.54, 1.807) is 12.1 Å². The Morgan fingerprint density at radius 2 is 1.84 bits per heavy atom. The van der Waals surface area contributed by atoms with E-state index in [2.05, 4.69) is 19.2 Å². The van der Waals surface area contributed by atoms with Gasteiger partial charge in [0.05, 0.1) is 6.04 Å². The normalized spacial score (nSPS) is 21.1. The lowest BCUT2D eigenvalue weighted by molar-refractivity contribution is 0.0384. The van der Waals surface area contributed by atoms with Gasteiger partial charge in [-0.05, 0) is 42.7 Å². The standard InChI is InChI=1S/C14H19NO3.ClH/c1-8-5-10(16)6-9(2)11(8)12-14(3,4)7-18-13(17)15-12;/h5-6,12,16H,7H2,1-4H3,(H,15,17);1H/t12-;/m0./s1. The number of aryl methyl sites for hydroxylation is 2. The maximum Gasteiger partial charge on any atom is 0.407 e. The fourth-order valence-corrected chi connectivity index (χ4v) is 2.56. The lowest BCUT2D eigenvalue weighted by Gasteiger charge is -2.39. The zero-order chi connectivity index (χ0) is 13.5. The summed E-state index contributed by atoms with van der Waals surface area (Å²) in [7, 11) is 0. The van der Waals surface area contributed by atoms with E-state index in [1.807, 2.05) is 13.8 Å². The zero-order valence-electron chi connectivity index (χ0n) is 11.6. The van der Waals surface area contributed by atoms with E-state index < -0.39 is 0 Å². The number of hydrogen-bond acceptors (Lipinski definition) is 3. The van der Waals surface area contributed by atoms with Crippen LogP contribution in [-0.4, -0.2) is 17.8 Å². The lowest BCUT2D eigenvalue weighted by Crippen LogP contribution is -2.47. The summed E-state index contributed by atoms with van der Waals surface area (Å²) in [5, 5.41) is 12.5. The van der Waals surface area contributed by atoms with Crippen LogP contribution in [0.1, 0.15) is 36.6 Å². The number of halogens is 1. The van der Waals surface area contributed by atoms with E-state index in [0.29, 0.717) is 6.61 Å². The highest BCUT2D eigenvalue weighted by Crippen LogP contribution is 2.40. The number of carbonyl (C=O) groups is 1. The Morgan fingerprint density at radius 1 is 1.32 bits per heavy atom. The van der Waals surface area contributed by atoms with E-state index in [4.69, 9.17) is 4.74 Å². The number of benzene rings is 1. The number of alkyl carbamates (subject to hydrolysis) is 1. The van der Waals surface area contributed by atoms with Crippen molar-refractivity contribution in [2.75, 3.05) is 6.61 Å². The van der Waals surface area contributed by atoms with Crippen LogP contribution in [0.25, 0.3) is 0 Å². The predicted molar refractivity (Wildman–Crippen MR) is 75.8 cm³/mol. The number of phenolic OH excluding ortho intramolecular Hbond substituents is 1. The Morgan fingerprint density at radius 3 is 2.37 bits per heavy atom. The van der Waals surface area contributed by atoms with Crippen LogP contribution in [-0.2, 0) is 4.74 Å². The second-order valence-corrected chi connectivity index (χ2v) is 5.64. The molecule has 1 amide bonds. The van der Waals surface area contributed by atoms with E-state index in [9.17, 15) is 9.90 Å². The summed E-state index contributed by atoms with van der Waals surface area (Å²) < 4.78 is 5.05. The topological polar surface area (TPSA) is 58.6 Å². The average Bonchev–Trinajstić information content (AvgIpc) is 2.22. The molecular weight excluding hydrogens is 266 g/mol. The third kappa shape index (κ3) is 2.95. The average molecular weight is 286 g/mol. The second kappa shape index (κ2) is 5.29. The minimum absolute atomic E-state index is 0. The third-order valence-electron chi connectivity index (χ3n) is 3.49. The minimum atomic E-state index is -0.383. The second-order valence-electron chi connectivity index (χ2n) is 5.64. The van der Waals surface area contributed by atoms with Gasteiger partial charge in [-0.15, -0.1) is 12.4 Å². The molecule has 1 saturated heterocycles. The maximum atomic E-state index is 11.4. The molecule has 0 saturated carbocycles. The van der Waals surface area contributed by atoms with Crippen LogP contribution >= 0.6 is 12.4 Å². The summed E-state index contributed by atoms with van der Waals surface area (Å²) >= 11 is 0. The number of rotatable bonds is 1. The molecule has 1 aliphatic heterocycles. The third-order valence-corrected chi connectivity index (χ3v) is 3.49. The fraction of sp³-hybridized carbons (Fsp3) is 0.500. The molecule has 5 heteroatoms. The molecule has 0 unspecified atom stereocenters. The molecule has 0 aromatic heterocycles. The van der Waals surface area contributed by atoms with E-state index in [-0.39, 0.29) is 35.7 Å². The Hall–Kier alpha value is -1.42. The van der Waals surface area contributed by atoms with Gasteiger partial charge >= 0.3 is 6.09 Å². The smallest absolute Gasteiger partial charge is 0.407 e. The van der Waals surface area contributed by atoms with E-state index >= 15 is 0 Å². The van der Waals surface area contributed by atoms with Gasteiger partial charge in [-0.1, -0.05) is 13.8 Å². The van der Waals surface area contributed by atoms with Crippen molar-refractivity contribution in [1.29, 1.82) is 0 Å². The van der Waals surface area contributed by atoms with Crippen LogP contribution < -0.4 is 5.32 Å². The molecule has 2 N–H and O–H groups in total. The molecule has 1 aromatic rings. The van der Waals surface area contributed by atoms with Crippen LogP contribution in [0.3, 0.4) is 0 Å². The molecule has 0 aliphatic carbocycles. The van der Waals surface area contributed by atoms with Crippen LogP contribution in [0.5, 0.6) is 5.75 Å². The summed E-state index contributed by atoms with van der Waals surface area (Å²) in [6.07, 6.45) is -0.383. The first-order chi connectivity index (χ1) is 8.31. The van der Waals surface area contributed by atoms with Gasteiger partial charge in [0, 0.05) is 5.41 Å². The summed E-state index contributed by atoms with van der Waals surface area (Å²) in [4.78, 5) is 11.4. The largest absolute Gasteiger partial charge is 0.508 e. The molecule has 4 nitrogen and oxygen atoms in total. The molecule has 1 atom stereocenters. The first-order valence-corrected chi connectivity index (χ1v) is 6.04. The molecule has 1 aromatic carbocycles. The highest BCUT2D eigenvalue weighted by atomic mass is 35.5. The number of carbonyl (C=O) groups excluding carboxylic acids is 1. The molecule has 1 heterocycles. The van der Waals surface area contributed by atoms with Crippen molar-refractivity contribution in [3.8, 4) is 5.75 Å². The first-order valence-electron chi connectivity index (χ1n) is 6.04. The molecule has 1 aliphatic rings. The quantitative estimate of drug-likeness (QED) is 0.833.